The molecule has 0 fully saturated rings. The number of nitrogens with zero attached hydrogens (tertiary/aromatic N) is 4. The van der Waals surface area contributed by atoms with E-state index in [-0.39, 0.29) is 13.1 Å². The fourth-order valence-corrected chi connectivity index (χ4v) is 3.61. The first-order valence-electron chi connectivity index (χ1n) is 10.8. The fourth-order valence-electron chi connectivity index (χ4n) is 3.42. The minimum Gasteiger partial charge on any atom is -0.497 e. The molecule has 2 heterocycles. The minimum absolute atomic E-state index is 0.121. The van der Waals surface area contributed by atoms with Crippen LogP contribution in [0.5, 0.6) is 5.75 Å². The van der Waals surface area contributed by atoms with Gasteiger partial charge in [0.05, 0.1) is 19.3 Å². The summed E-state index contributed by atoms with van der Waals surface area (Å²) in [6.07, 6.45) is 2.13. The van der Waals surface area contributed by atoms with Crippen LogP contribution in [0.2, 0.25) is 5.02 Å². The zero-order chi connectivity index (χ0) is 24.8. The second-order valence-electron chi connectivity index (χ2n) is 7.55. The highest BCUT2D eigenvalue weighted by Gasteiger charge is 2.21. The molecule has 2 aromatic heterocycles. The highest BCUT2D eigenvalue weighted by Crippen LogP contribution is 2.16. The molecule has 10 heteroatoms. The molecule has 178 valence electrons. The Balaban J connectivity index is 1.72. The van der Waals surface area contributed by atoms with Gasteiger partial charge in [0, 0.05) is 29.9 Å². The van der Waals surface area contributed by atoms with E-state index in [1.165, 1.54) is 7.11 Å². The van der Waals surface area contributed by atoms with Crippen LogP contribution in [0.4, 0.5) is 0 Å². The van der Waals surface area contributed by atoms with Crippen LogP contribution in [0.25, 0.3) is 5.69 Å². The minimum atomic E-state index is -0.810. The van der Waals surface area contributed by atoms with Crippen LogP contribution in [0.1, 0.15) is 21.7 Å². The van der Waals surface area contributed by atoms with Crippen molar-refractivity contribution < 1.29 is 9.53 Å². The molecule has 0 aliphatic heterocycles. The van der Waals surface area contributed by atoms with Gasteiger partial charge in [0.15, 0.2) is 0 Å². The maximum absolute atomic E-state index is 13.3. The van der Waals surface area contributed by atoms with Gasteiger partial charge >= 0.3 is 5.69 Å². The van der Waals surface area contributed by atoms with Crippen molar-refractivity contribution in [2.24, 2.45) is 0 Å². The number of hydrogen-bond acceptors (Lipinski definition) is 6. The van der Waals surface area contributed by atoms with E-state index in [1.807, 2.05) is 12.1 Å². The Kier molecular flexibility index (Phi) is 7.37. The van der Waals surface area contributed by atoms with E-state index in [0.29, 0.717) is 28.4 Å². The zero-order valence-corrected chi connectivity index (χ0v) is 19.6. The molecule has 0 aliphatic carbocycles. The highest BCUT2D eigenvalue weighted by molar-refractivity contribution is 6.31. The Morgan fingerprint density at radius 2 is 1.77 bits per heavy atom. The van der Waals surface area contributed by atoms with Crippen LogP contribution in [-0.2, 0) is 13.0 Å². The molecule has 0 spiro atoms. The van der Waals surface area contributed by atoms with Crippen LogP contribution in [0, 0.1) is 0 Å². The average Bonchev–Trinajstić information content (AvgIpc) is 2.88. The molecular formula is C25H22ClN5O4. The van der Waals surface area contributed by atoms with Gasteiger partial charge in [-0.3, -0.25) is 19.1 Å². The Morgan fingerprint density at radius 1 is 1.03 bits per heavy atom. The Bertz CT molecular complexity index is 1450. The van der Waals surface area contributed by atoms with Crippen LogP contribution in [0.15, 0.2) is 82.5 Å². The molecule has 0 bridgehead atoms. The van der Waals surface area contributed by atoms with Gasteiger partial charge in [0.1, 0.15) is 5.75 Å². The Hall–Kier alpha value is -4.24. The number of amides is 1. The van der Waals surface area contributed by atoms with E-state index >= 15 is 0 Å². The summed E-state index contributed by atoms with van der Waals surface area (Å²) in [5, 5.41) is 7.20. The second kappa shape index (κ2) is 10.8. The lowest BCUT2D eigenvalue weighted by molar-refractivity contribution is 0.0944. The maximum atomic E-state index is 13.3. The first-order valence-corrected chi connectivity index (χ1v) is 11.2. The van der Waals surface area contributed by atoms with Crippen molar-refractivity contribution in [1.29, 1.82) is 0 Å². The molecule has 0 atom stereocenters. The largest absolute Gasteiger partial charge is 0.497 e. The zero-order valence-electron chi connectivity index (χ0n) is 18.8. The highest BCUT2D eigenvalue weighted by atomic mass is 35.5. The van der Waals surface area contributed by atoms with E-state index < -0.39 is 22.9 Å². The van der Waals surface area contributed by atoms with Crippen molar-refractivity contribution in [3.05, 3.63) is 116 Å². The number of benzene rings is 2. The summed E-state index contributed by atoms with van der Waals surface area (Å²) in [5.41, 5.74) is -0.206. The number of ether oxygens (including phenoxy) is 1. The summed E-state index contributed by atoms with van der Waals surface area (Å²) in [6.45, 7) is 0.118. The second-order valence-corrected chi connectivity index (χ2v) is 7.96. The third kappa shape index (κ3) is 5.47. The molecular weight excluding hydrogens is 470 g/mol. The SMILES string of the molecule is COc1ccc(-n2nc(C(=O)NCCc3ccccn3)c(=O)n(Cc3ccccc3Cl)c2=O)cc1. The third-order valence-corrected chi connectivity index (χ3v) is 5.64. The molecule has 0 radical (unpaired) electrons. The molecule has 35 heavy (non-hydrogen) atoms. The van der Waals surface area contributed by atoms with Crippen molar-refractivity contribution in [2.75, 3.05) is 13.7 Å². The van der Waals surface area contributed by atoms with Crippen molar-refractivity contribution in [1.82, 2.24) is 24.6 Å². The van der Waals surface area contributed by atoms with Gasteiger partial charge in [-0.05, 0) is 48.0 Å². The molecule has 1 N–H and O–H groups in total. The topological polar surface area (TPSA) is 108 Å². The number of rotatable bonds is 8. The Morgan fingerprint density at radius 3 is 2.46 bits per heavy atom. The smallest absolute Gasteiger partial charge is 0.352 e. The number of nitrogens with one attached hydrogen (secondary N) is 1. The van der Waals surface area contributed by atoms with E-state index in [2.05, 4.69) is 15.4 Å². The summed E-state index contributed by atoms with van der Waals surface area (Å²) in [5.74, 6) is -0.111. The first-order chi connectivity index (χ1) is 17.0. The molecule has 0 unspecified atom stereocenters. The van der Waals surface area contributed by atoms with E-state index in [4.69, 9.17) is 16.3 Å². The summed E-state index contributed by atoms with van der Waals surface area (Å²) in [4.78, 5) is 43.7. The predicted octanol–water partition coefficient (Wildman–Crippen LogP) is 2.47. The maximum Gasteiger partial charge on any atom is 0.352 e. The molecule has 4 rings (SSSR count). The molecule has 1 amide bonds. The molecule has 9 nitrogen and oxygen atoms in total. The van der Waals surface area contributed by atoms with Gasteiger partial charge in [-0.25, -0.2) is 4.79 Å². The quantitative estimate of drug-likeness (QED) is 0.405. The summed E-state index contributed by atoms with van der Waals surface area (Å²) in [6, 6.07) is 18.9. The normalized spacial score (nSPS) is 10.7. The van der Waals surface area contributed by atoms with Gasteiger partial charge < -0.3 is 10.1 Å². The monoisotopic (exact) mass is 491 g/mol. The number of hydrogen-bond donors (Lipinski definition) is 1. The van der Waals surface area contributed by atoms with Gasteiger partial charge in [0.25, 0.3) is 11.5 Å². The first kappa shape index (κ1) is 23.9. The number of carbonyl (C=O) groups excluding carboxylic acids is 1. The summed E-state index contributed by atoms with van der Waals surface area (Å²) >= 11 is 6.26. The van der Waals surface area contributed by atoms with Crippen molar-refractivity contribution in [2.45, 2.75) is 13.0 Å². The van der Waals surface area contributed by atoms with Crippen LogP contribution < -0.4 is 21.3 Å². The van der Waals surface area contributed by atoms with Gasteiger partial charge in [-0.2, -0.15) is 9.78 Å². The van der Waals surface area contributed by atoms with Crippen LogP contribution in [0.3, 0.4) is 0 Å². The number of carbonyl (C=O) groups is 1. The average molecular weight is 492 g/mol. The molecule has 0 aliphatic rings. The Labute approximate surface area is 205 Å². The standard InChI is InChI=1S/C25H22ClN5O4/c1-35-20-11-9-19(10-12-20)31-25(34)30(16-17-6-2-3-8-21(17)26)24(33)22(29-31)23(32)28-15-13-18-7-4-5-14-27-18/h2-12,14H,13,15-16H2,1H3,(H,28,32). The van der Waals surface area contributed by atoms with Crippen molar-refractivity contribution in [3.63, 3.8) is 0 Å². The van der Waals surface area contributed by atoms with Crippen LogP contribution >= 0.6 is 11.6 Å². The fraction of sp³-hybridized carbons (Fsp3) is 0.160. The van der Waals surface area contributed by atoms with Crippen molar-refractivity contribution in [3.8, 4) is 11.4 Å². The molecule has 0 saturated carbocycles. The number of pyridine rings is 1. The third-order valence-electron chi connectivity index (χ3n) is 5.27. The molecule has 4 aromatic rings. The van der Waals surface area contributed by atoms with E-state index in [1.54, 1.807) is 60.8 Å². The lowest BCUT2D eigenvalue weighted by atomic mass is 10.2. The van der Waals surface area contributed by atoms with Gasteiger partial charge in [-0.15, -0.1) is 0 Å². The van der Waals surface area contributed by atoms with E-state index in [9.17, 15) is 14.4 Å². The summed E-state index contributed by atoms with van der Waals surface area (Å²) in [7, 11) is 1.52. The van der Waals surface area contributed by atoms with Gasteiger partial charge in [0.2, 0.25) is 5.69 Å². The van der Waals surface area contributed by atoms with Gasteiger partial charge in [-0.1, -0.05) is 35.9 Å². The number of methoxy groups -OCH3 is 1. The van der Waals surface area contributed by atoms with Crippen LogP contribution in [-0.4, -0.2) is 38.9 Å². The number of halogens is 1. The number of aromatic nitrogens is 4. The summed E-state index contributed by atoms with van der Waals surface area (Å²) < 4.78 is 7.14. The molecule has 2 aromatic carbocycles. The lowest BCUT2D eigenvalue weighted by Crippen LogP contribution is -2.46. The van der Waals surface area contributed by atoms with Crippen molar-refractivity contribution >= 4 is 17.5 Å². The predicted molar refractivity (Wildman–Crippen MR) is 131 cm³/mol. The molecule has 0 saturated heterocycles. The lowest BCUT2D eigenvalue weighted by Gasteiger charge is -2.13. The van der Waals surface area contributed by atoms with E-state index in [0.717, 1.165) is 14.9 Å².